The third-order valence-corrected chi connectivity index (χ3v) is 3.52. The molecule has 0 heterocycles. The molecule has 1 saturated carbocycles. The third-order valence-electron chi connectivity index (χ3n) is 3.52. The van der Waals surface area contributed by atoms with Crippen LogP contribution in [0.3, 0.4) is 0 Å². The number of hydrogen-bond acceptors (Lipinski definition) is 3. The topological polar surface area (TPSA) is 46.5 Å². The molecule has 2 rings (SSSR count). The molecular weight excluding hydrogens is 216 g/mol. The van der Waals surface area contributed by atoms with Gasteiger partial charge in [-0.2, -0.15) is 0 Å². The van der Waals surface area contributed by atoms with Crippen LogP contribution in [0.4, 0.5) is 0 Å². The van der Waals surface area contributed by atoms with Gasteiger partial charge in [0.2, 0.25) is 0 Å². The standard InChI is InChI=1S/C14H18O3/c1-9(14(16)17-2)13(10-3-4-10)11-5-7-12(15)8-6-11/h5-10,13,15H,3-4H2,1-2H3/t9-,13-/m0/s1. The van der Waals surface area contributed by atoms with Gasteiger partial charge >= 0.3 is 5.97 Å². The van der Waals surface area contributed by atoms with Crippen molar-refractivity contribution in [1.82, 2.24) is 0 Å². The van der Waals surface area contributed by atoms with E-state index in [0.29, 0.717) is 5.92 Å². The van der Waals surface area contributed by atoms with E-state index >= 15 is 0 Å². The molecule has 3 heteroatoms. The smallest absolute Gasteiger partial charge is 0.309 e. The van der Waals surface area contributed by atoms with Crippen molar-refractivity contribution < 1.29 is 14.6 Å². The van der Waals surface area contributed by atoms with Gasteiger partial charge in [-0.1, -0.05) is 19.1 Å². The van der Waals surface area contributed by atoms with E-state index in [4.69, 9.17) is 4.74 Å². The summed E-state index contributed by atoms with van der Waals surface area (Å²) in [4.78, 5) is 11.7. The van der Waals surface area contributed by atoms with Gasteiger partial charge in [0.25, 0.3) is 0 Å². The number of carbonyl (C=O) groups is 1. The zero-order valence-corrected chi connectivity index (χ0v) is 10.2. The Morgan fingerprint density at radius 3 is 2.41 bits per heavy atom. The molecular formula is C14H18O3. The second-order valence-electron chi connectivity index (χ2n) is 4.77. The summed E-state index contributed by atoms with van der Waals surface area (Å²) in [6.45, 7) is 1.92. The predicted octanol–water partition coefficient (Wildman–Crippen LogP) is 2.69. The first-order valence-corrected chi connectivity index (χ1v) is 6.00. The van der Waals surface area contributed by atoms with E-state index in [1.165, 1.54) is 20.0 Å². The quantitative estimate of drug-likeness (QED) is 0.815. The molecule has 17 heavy (non-hydrogen) atoms. The average molecular weight is 234 g/mol. The van der Waals surface area contributed by atoms with Crippen LogP contribution in [0, 0.1) is 11.8 Å². The van der Waals surface area contributed by atoms with Crippen molar-refractivity contribution in [2.24, 2.45) is 11.8 Å². The van der Waals surface area contributed by atoms with Crippen molar-refractivity contribution in [1.29, 1.82) is 0 Å². The maximum atomic E-state index is 11.7. The van der Waals surface area contributed by atoms with Crippen molar-refractivity contribution in [3.05, 3.63) is 29.8 Å². The first-order valence-electron chi connectivity index (χ1n) is 6.00. The lowest BCUT2D eigenvalue weighted by atomic mass is 9.83. The van der Waals surface area contributed by atoms with Crippen molar-refractivity contribution >= 4 is 5.97 Å². The van der Waals surface area contributed by atoms with Gasteiger partial charge in [-0.15, -0.1) is 0 Å². The Hall–Kier alpha value is -1.51. The van der Waals surface area contributed by atoms with Crippen LogP contribution < -0.4 is 0 Å². The van der Waals surface area contributed by atoms with Crippen LogP contribution in [0.5, 0.6) is 5.75 Å². The molecule has 0 saturated heterocycles. The Morgan fingerprint density at radius 1 is 1.35 bits per heavy atom. The number of rotatable bonds is 4. The lowest BCUT2D eigenvalue weighted by molar-refractivity contribution is -0.145. The van der Waals surface area contributed by atoms with Crippen LogP contribution in [-0.2, 0) is 9.53 Å². The Morgan fingerprint density at radius 2 is 1.94 bits per heavy atom. The first kappa shape index (κ1) is 12.0. The van der Waals surface area contributed by atoms with Gasteiger partial charge in [0.15, 0.2) is 0 Å². The summed E-state index contributed by atoms with van der Waals surface area (Å²) in [5.74, 6) is 0.762. The van der Waals surface area contributed by atoms with E-state index in [1.807, 2.05) is 19.1 Å². The molecule has 2 atom stereocenters. The SMILES string of the molecule is COC(=O)[C@@H](C)[C@H](c1ccc(O)cc1)C1CC1. The zero-order chi connectivity index (χ0) is 12.4. The molecule has 0 aromatic heterocycles. The number of esters is 1. The maximum Gasteiger partial charge on any atom is 0.309 e. The number of phenolic OH excluding ortho intramolecular Hbond substituents is 1. The number of ether oxygens (including phenoxy) is 1. The van der Waals surface area contributed by atoms with Crippen LogP contribution in [0.2, 0.25) is 0 Å². The lowest BCUT2D eigenvalue weighted by Crippen LogP contribution is -2.22. The summed E-state index contributed by atoms with van der Waals surface area (Å²) >= 11 is 0. The number of phenols is 1. The van der Waals surface area contributed by atoms with Gasteiger partial charge in [-0.25, -0.2) is 0 Å². The Balaban J connectivity index is 2.22. The molecule has 0 spiro atoms. The minimum absolute atomic E-state index is 0.128. The second-order valence-corrected chi connectivity index (χ2v) is 4.77. The molecule has 1 fully saturated rings. The number of methoxy groups -OCH3 is 1. The number of hydrogen-bond donors (Lipinski definition) is 1. The summed E-state index contributed by atoms with van der Waals surface area (Å²) in [5.41, 5.74) is 1.11. The van der Waals surface area contributed by atoms with Crippen molar-refractivity contribution in [3.63, 3.8) is 0 Å². The average Bonchev–Trinajstić information content (AvgIpc) is 3.15. The highest BCUT2D eigenvalue weighted by Gasteiger charge is 2.38. The van der Waals surface area contributed by atoms with E-state index in [1.54, 1.807) is 12.1 Å². The monoisotopic (exact) mass is 234 g/mol. The van der Waals surface area contributed by atoms with Crippen LogP contribution in [-0.4, -0.2) is 18.2 Å². The number of benzene rings is 1. The largest absolute Gasteiger partial charge is 0.508 e. The van der Waals surface area contributed by atoms with Gasteiger partial charge < -0.3 is 9.84 Å². The van der Waals surface area contributed by atoms with E-state index < -0.39 is 0 Å². The molecule has 0 bridgehead atoms. The van der Waals surface area contributed by atoms with Crippen molar-refractivity contribution in [2.45, 2.75) is 25.7 Å². The second kappa shape index (κ2) is 4.78. The lowest BCUT2D eigenvalue weighted by Gasteiger charge is -2.22. The molecule has 0 unspecified atom stereocenters. The molecule has 1 aliphatic rings. The third kappa shape index (κ3) is 2.60. The van der Waals surface area contributed by atoms with E-state index in [0.717, 1.165) is 5.56 Å². The van der Waals surface area contributed by atoms with Gasteiger partial charge in [0.1, 0.15) is 5.75 Å². The molecule has 0 aliphatic heterocycles. The van der Waals surface area contributed by atoms with Crippen LogP contribution in [0.15, 0.2) is 24.3 Å². The number of carbonyl (C=O) groups excluding carboxylic acids is 1. The summed E-state index contributed by atoms with van der Waals surface area (Å²) in [5, 5.41) is 9.30. The molecule has 1 N–H and O–H groups in total. The summed E-state index contributed by atoms with van der Waals surface area (Å²) in [6, 6.07) is 7.15. The maximum absolute atomic E-state index is 11.7. The highest BCUT2D eigenvalue weighted by Crippen LogP contribution is 2.47. The minimum Gasteiger partial charge on any atom is -0.508 e. The molecule has 92 valence electrons. The van der Waals surface area contributed by atoms with Crippen molar-refractivity contribution in [2.75, 3.05) is 7.11 Å². The van der Waals surface area contributed by atoms with E-state index in [2.05, 4.69) is 0 Å². The van der Waals surface area contributed by atoms with E-state index in [-0.39, 0.29) is 23.6 Å². The fourth-order valence-electron chi connectivity index (χ4n) is 2.45. The molecule has 0 radical (unpaired) electrons. The summed E-state index contributed by atoms with van der Waals surface area (Å²) < 4.78 is 4.83. The summed E-state index contributed by atoms with van der Waals surface area (Å²) in [7, 11) is 1.43. The Bertz CT molecular complexity index is 392. The zero-order valence-electron chi connectivity index (χ0n) is 10.2. The van der Waals surface area contributed by atoms with E-state index in [9.17, 15) is 9.90 Å². The highest BCUT2D eigenvalue weighted by molar-refractivity contribution is 5.73. The molecule has 0 amide bonds. The Labute approximate surface area is 101 Å². The van der Waals surface area contributed by atoms with Crippen molar-refractivity contribution in [3.8, 4) is 5.75 Å². The molecule has 1 aromatic rings. The van der Waals surface area contributed by atoms with Gasteiger partial charge in [-0.05, 0) is 42.4 Å². The van der Waals surface area contributed by atoms with Crippen LogP contribution in [0.25, 0.3) is 0 Å². The Kier molecular flexibility index (Phi) is 3.36. The number of aromatic hydroxyl groups is 1. The normalized spacial score (nSPS) is 18.5. The molecule has 1 aromatic carbocycles. The minimum atomic E-state index is -0.157. The first-order chi connectivity index (χ1) is 8.13. The van der Waals surface area contributed by atoms with Gasteiger partial charge in [0.05, 0.1) is 13.0 Å². The fraction of sp³-hybridized carbons (Fsp3) is 0.500. The fourth-order valence-corrected chi connectivity index (χ4v) is 2.45. The summed E-state index contributed by atoms with van der Waals surface area (Å²) in [6.07, 6.45) is 2.35. The van der Waals surface area contributed by atoms with Crippen LogP contribution >= 0.6 is 0 Å². The van der Waals surface area contributed by atoms with Crippen LogP contribution in [0.1, 0.15) is 31.2 Å². The molecule has 1 aliphatic carbocycles. The highest BCUT2D eigenvalue weighted by atomic mass is 16.5. The van der Waals surface area contributed by atoms with Gasteiger partial charge in [-0.3, -0.25) is 4.79 Å². The predicted molar refractivity (Wildman–Crippen MR) is 64.8 cm³/mol. The molecule has 3 nitrogen and oxygen atoms in total. The van der Waals surface area contributed by atoms with Gasteiger partial charge in [0, 0.05) is 0 Å².